The molecule has 0 saturated carbocycles. The first-order chi connectivity index (χ1) is 10.1. The Kier molecular flexibility index (Phi) is 3.17. The van der Waals surface area contributed by atoms with Crippen LogP contribution in [0.15, 0.2) is 30.5 Å². The number of fused-ring (bicyclic) bond motifs is 1. The molecule has 1 aliphatic heterocycles. The number of likely N-dealkylation sites (N-methyl/N-ethyl adjacent to an activating group) is 1. The maximum absolute atomic E-state index is 11.9. The molecule has 1 fully saturated rings. The highest BCUT2D eigenvalue weighted by Gasteiger charge is 2.28. The molecule has 0 N–H and O–H groups in total. The lowest BCUT2D eigenvalue weighted by atomic mass is 10.1. The Balaban J connectivity index is 2.11. The second-order valence-corrected chi connectivity index (χ2v) is 4.85. The summed E-state index contributed by atoms with van der Waals surface area (Å²) in [5.41, 5.74) is 1.33. The van der Waals surface area contributed by atoms with E-state index >= 15 is 0 Å². The number of nitro groups is 1. The first-order valence-electron chi connectivity index (χ1n) is 6.66. The molecule has 1 amide bonds. The molecule has 0 aliphatic carbocycles. The van der Waals surface area contributed by atoms with Crippen LogP contribution in [0.3, 0.4) is 0 Å². The number of rotatable bonds is 3. The van der Waals surface area contributed by atoms with Crippen molar-refractivity contribution in [2.45, 2.75) is 6.92 Å². The Labute approximate surface area is 120 Å². The van der Waals surface area contributed by atoms with Gasteiger partial charge in [0.05, 0.1) is 29.2 Å². The Morgan fingerprint density at radius 3 is 2.86 bits per heavy atom. The number of anilines is 1. The average molecular weight is 286 g/mol. The molecule has 1 aliphatic rings. The van der Waals surface area contributed by atoms with Gasteiger partial charge in [0.15, 0.2) is 0 Å². The van der Waals surface area contributed by atoms with Gasteiger partial charge in [0.25, 0.3) is 5.69 Å². The van der Waals surface area contributed by atoms with Gasteiger partial charge in [-0.15, -0.1) is 0 Å². The molecule has 0 atom stereocenters. The number of amides is 1. The third-order valence-electron chi connectivity index (χ3n) is 3.66. The molecule has 0 spiro atoms. The SMILES string of the molecule is CCN1CN(c2ccc([N+](=O)[O-])c3cccnc23)CC1=O. The summed E-state index contributed by atoms with van der Waals surface area (Å²) in [6.07, 6.45) is 1.60. The predicted molar refractivity (Wildman–Crippen MR) is 78.0 cm³/mol. The van der Waals surface area contributed by atoms with E-state index in [9.17, 15) is 14.9 Å². The van der Waals surface area contributed by atoms with E-state index in [1.165, 1.54) is 6.07 Å². The van der Waals surface area contributed by atoms with Crippen LogP contribution in [-0.2, 0) is 4.79 Å². The van der Waals surface area contributed by atoms with Crippen LogP contribution in [0, 0.1) is 10.1 Å². The molecule has 0 bridgehead atoms. The van der Waals surface area contributed by atoms with Crippen LogP contribution in [0.25, 0.3) is 10.9 Å². The summed E-state index contributed by atoms with van der Waals surface area (Å²) < 4.78 is 0. The van der Waals surface area contributed by atoms with E-state index in [2.05, 4.69) is 4.98 Å². The lowest BCUT2D eigenvalue weighted by molar-refractivity contribution is -0.383. The van der Waals surface area contributed by atoms with Crippen molar-refractivity contribution in [1.82, 2.24) is 9.88 Å². The Morgan fingerprint density at radius 2 is 2.19 bits per heavy atom. The first kappa shape index (κ1) is 13.3. The zero-order chi connectivity index (χ0) is 15.0. The predicted octanol–water partition coefficient (Wildman–Crippen LogP) is 1.77. The van der Waals surface area contributed by atoms with E-state index in [0.29, 0.717) is 24.1 Å². The van der Waals surface area contributed by atoms with E-state index in [1.807, 2.05) is 11.8 Å². The topological polar surface area (TPSA) is 79.6 Å². The summed E-state index contributed by atoms with van der Waals surface area (Å²) in [7, 11) is 0. The monoisotopic (exact) mass is 286 g/mol. The zero-order valence-corrected chi connectivity index (χ0v) is 11.5. The van der Waals surface area contributed by atoms with Crippen LogP contribution in [-0.4, -0.2) is 40.5 Å². The number of carbonyl (C=O) groups excluding carboxylic acids is 1. The van der Waals surface area contributed by atoms with Crippen LogP contribution in [0.1, 0.15) is 6.92 Å². The minimum absolute atomic E-state index is 0.0275. The highest BCUT2D eigenvalue weighted by molar-refractivity contribution is 5.99. The van der Waals surface area contributed by atoms with Gasteiger partial charge in [-0.05, 0) is 25.1 Å². The van der Waals surface area contributed by atoms with Crippen molar-refractivity contribution in [2.24, 2.45) is 0 Å². The molecule has 108 valence electrons. The van der Waals surface area contributed by atoms with E-state index < -0.39 is 4.92 Å². The number of nitro benzene ring substituents is 1. The molecule has 7 nitrogen and oxygen atoms in total. The van der Waals surface area contributed by atoms with E-state index in [4.69, 9.17) is 0 Å². The fraction of sp³-hybridized carbons (Fsp3) is 0.286. The molecule has 0 radical (unpaired) electrons. The van der Waals surface area contributed by atoms with Gasteiger partial charge in [0.1, 0.15) is 5.52 Å². The molecule has 0 unspecified atom stereocenters. The molecule has 1 saturated heterocycles. The number of pyridine rings is 1. The summed E-state index contributed by atoms with van der Waals surface area (Å²) in [4.78, 5) is 30.4. The molecule has 7 heteroatoms. The van der Waals surface area contributed by atoms with Crippen LogP contribution >= 0.6 is 0 Å². The number of hydrogen-bond donors (Lipinski definition) is 0. The van der Waals surface area contributed by atoms with Gasteiger partial charge in [-0.2, -0.15) is 0 Å². The van der Waals surface area contributed by atoms with Crippen LogP contribution in [0.5, 0.6) is 0 Å². The van der Waals surface area contributed by atoms with E-state index in [-0.39, 0.29) is 18.1 Å². The summed E-state index contributed by atoms with van der Waals surface area (Å²) in [5, 5.41) is 11.6. The van der Waals surface area contributed by atoms with Crippen molar-refractivity contribution in [3.05, 3.63) is 40.6 Å². The van der Waals surface area contributed by atoms with Crippen LogP contribution in [0.2, 0.25) is 0 Å². The van der Waals surface area contributed by atoms with Crippen LogP contribution in [0.4, 0.5) is 11.4 Å². The quantitative estimate of drug-likeness (QED) is 0.634. The lowest BCUT2D eigenvalue weighted by Crippen LogP contribution is -2.26. The second kappa shape index (κ2) is 5.01. The Bertz CT molecular complexity index is 731. The molecular formula is C14H14N4O3. The third-order valence-corrected chi connectivity index (χ3v) is 3.66. The summed E-state index contributed by atoms with van der Waals surface area (Å²) in [6.45, 7) is 3.33. The maximum atomic E-state index is 11.9. The molecule has 1 aromatic heterocycles. The first-order valence-corrected chi connectivity index (χ1v) is 6.66. The minimum Gasteiger partial charge on any atom is -0.343 e. The fourth-order valence-electron chi connectivity index (χ4n) is 2.59. The van der Waals surface area contributed by atoms with Crippen molar-refractivity contribution in [1.29, 1.82) is 0 Å². The maximum Gasteiger partial charge on any atom is 0.278 e. The third kappa shape index (κ3) is 2.16. The number of non-ortho nitro benzene ring substituents is 1. The summed E-state index contributed by atoms with van der Waals surface area (Å²) in [5.74, 6) is 0.0555. The molecular weight excluding hydrogens is 272 g/mol. The highest BCUT2D eigenvalue weighted by Crippen LogP contribution is 2.33. The van der Waals surface area contributed by atoms with Gasteiger partial charge < -0.3 is 9.80 Å². The normalized spacial score (nSPS) is 15.0. The van der Waals surface area contributed by atoms with Crippen molar-refractivity contribution in [2.75, 3.05) is 24.7 Å². The average Bonchev–Trinajstić information content (AvgIpc) is 2.86. The number of hydrogen-bond acceptors (Lipinski definition) is 5. The number of nitrogens with zero attached hydrogens (tertiary/aromatic N) is 4. The van der Waals surface area contributed by atoms with E-state index in [0.717, 1.165) is 5.69 Å². The fourth-order valence-corrected chi connectivity index (χ4v) is 2.59. The molecule has 2 heterocycles. The van der Waals surface area contributed by atoms with Crippen molar-refractivity contribution in [3.63, 3.8) is 0 Å². The van der Waals surface area contributed by atoms with Gasteiger partial charge in [-0.25, -0.2) is 0 Å². The van der Waals surface area contributed by atoms with Crippen molar-refractivity contribution < 1.29 is 9.72 Å². The van der Waals surface area contributed by atoms with Crippen molar-refractivity contribution in [3.8, 4) is 0 Å². The number of benzene rings is 1. The van der Waals surface area contributed by atoms with Gasteiger partial charge in [-0.1, -0.05) is 0 Å². The highest BCUT2D eigenvalue weighted by atomic mass is 16.6. The van der Waals surface area contributed by atoms with Gasteiger partial charge in [0, 0.05) is 18.8 Å². The standard InChI is InChI=1S/C14H14N4O3/c1-2-16-9-17(8-13(16)19)12-6-5-11(18(20)21)10-4-3-7-15-14(10)12/h3-7H,2,8-9H2,1H3. The second-order valence-electron chi connectivity index (χ2n) is 4.85. The van der Waals surface area contributed by atoms with E-state index in [1.54, 1.807) is 29.3 Å². The molecule has 21 heavy (non-hydrogen) atoms. The van der Waals surface area contributed by atoms with Gasteiger partial charge >= 0.3 is 0 Å². The smallest absolute Gasteiger partial charge is 0.278 e. The summed E-state index contributed by atoms with van der Waals surface area (Å²) in [6, 6.07) is 6.49. The van der Waals surface area contributed by atoms with Crippen molar-refractivity contribution >= 4 is 28.2 Å². The lowest BCUT2D eigenvalue weighted by Gasteiger charge is -2.19. The zero-order valence-electron chi connectivity index (χ0n) is 11.5. The summed E-state index contributed by atoms with van der Waals surface area (Å²) >= 11 is 0. The van der Waals surface area contributed by atoms with Crippen LogP contribution < -0.4 is 4.90 Å². The number of carbonyl (C=O) groups is 1. The van der Waals surface area contributed by atoms with Gasteiger partial charge in [-0.3, -0.25) is 19.9 Å². The Hall–Kier alpha value is -2.70. The molecule has 2 aromatic rings. The largest absolute Gasteiger partial charge is 0.343 e. The van der Waals surface area contributed by atoms with Gasteiger partial charge in [0.2, 0.25) is 5.91 Å². The molecule has 3 rings (SSSR count). The Morgan fingerprint density at radius 1 is 1.38 bits per heavy atom. The molecule has 1 aromatic carbocycles. The number of aromatic nitrogens is 1. The minimum atomic E-state index is -0.415.